The molecule has 2 heterocycles. The first-order chi connectivity index (χ1) is 10.3. The summed E-state index contributed by atoms with van der Waals surface area (Å²) in [4.78, 5) is 2.40. The third kappa shape index (κ3) is 3.77. The van der Waals surface area contributed by atoms with Crippen LogP contribution in [0, 0.1) is 0 Å². The number of rotatable bonds is 5. The Balaban J connectivity index is 1.52. The smallest absolute Gasteiger partial charge is 0.233 e. The zero-order chi connectivity index (χ0) is 14.5. The zero-order valence-corrected chi connectivity index (χ0v) is 12.0. The van der Waals surface area contributed by atoms with Crippen LogP contribution in [0.25, 0.3) is 0 Å². The Morgan fingerprint density at radius 1 is 1.14 bits per heavy atom. The first-order valence-corrected chi connectivity index (χ1v) is 7.29. The largest absolute Gasteiger partial charge is 0.472 e. The molecule has 0 bridgehead atoms. The highest BCUT2D eigenvalue weighted by atomic mass is 16.5. The topological polar surface area (TPSA) is 64.3 Å². The molecule has 5 nitrogen and oxygen atoms in total. The molecular formula is C16H20N4O. The lowest BCUT2D eigenvalue weighted by Gasteiger charge is -2.16. The molecular weight excluding hydrogens is 264 g/mol. The van der Waals surface area contributed by atoms with Crippen molar-refractivity contribution in [2.45, 2.75) is 25.6 Å². The van der Waals surface area contributed by atoms with Gasteiger partial charge in [-0.25, -0.2) is 0 Å². The summed E-state index contributed by atoms with van der Waals surface area (Å²) >= 11 is 0. The van der Waals surface area contributed by atoms with Gasteiger partial charge in [0.05, 0.1) is 5.69 Å². The third-order valence-electron chi connectivity index (χ3n) is 3.67. The number of ether oxygens (including phenoxy) is 1. The zero-order valence-electron chi connectivity index (χ0n) is 12.0. The van der Waals surface area contributed by atoms with Gasteiger partial charge in [0.2, 0.25) is 5.88 Å². The first-order valence-electron chi connectivity index (χ1n) is 7.29. The van der Waals surface area contributed by atoms with E-state index in [-0.39, 0.29) is 6.10 Å². The minimum atomic E-state index is 0.187. The van der Waals surface area contributed by atoms with Crippen LogP contribution in [0.2, 0.25) is 0 Å². The van der Waals surface area contributed by atoms with Gasteiger partial charge < -0.3 is 10.5 Å². The molecule has 1 unspecified atom stereocenters. The van der Waals surface area contributed by atoms with E-state index in [9.17, 15) is 0 Å². The molecule has 3 rings (SSSR count). The van der Waals surface area contributed by atoms with Gasteiger partial charge in [-0.2, -0.15) is 5.10 Å². The lowest BCUT2D eigenvalue weighted by molar-refractivity contribution is 0.189. The van der Waals surface area contributed by atoms with Crippen molar-refractivity contribution in [2.75, 3.05) is 13.1 Å². The van der Waals surface area contributed by atoms with Crippen molar-refractivity contribution in [3.8, 4) is 5.88 Å². The van der Waals surface area contributed by atoms with Crippen LogP contribution in [0.15, 0.2) is 42.5 Å². The predicted molar refractivity (Wildman–Crippen MR) is 80.7 cm³/mol. The lowest BCUT2D eigenvalue weighted by atomic mass is 10.2. The van der Waals surface area contributed by atoms with E-state index in [1.807, 2.05) is 18.2 Å². The molecule has 2 aromatic rings. The molecule has 21 heavy (non-hydrogen) atoms. The first kappa shape index (κ1) is 14.0. The summed E-state index contributed by atoms with van der Waals surface area (Å²) in [7, 11) is 0. The van der Waals surface area contributed by atoms with Gasteiger partial charge in [0.1, 0.15) is 6.10 Å². The molecule has 1 aromatic carbocycles. The number of nitrogens with zero attached hydrogens (tertiary/aromatic N) is 3. The summed E-state index contributed by atoms with van der Waals surface area (Å²) < 4.78 is 5.89. The molecule has 0 aliphatic carbocycles. The van der Waals surface area contributed by atoms with Crippen molar-refractivity contribution in [1.29, 1.82) is 0 Å². The SMILES string of the molecule is NCc1ccc(OC2CCN(Cc3ccccc3)C2)nn1. The average molecular weight is 284 g/mol. The van der Waals surface area contributed by atoms with E-state index in [0.717, 1.165) is 31.7 Å². The second-order valence-corrected chi connectivity index (χ2v) is 5.32. The molecule has 110 valence electrons. The predicted octanol–water partition coefficient (Wildman–Crippen LogP) is 1.59. The van der Waals surface area contributed by atoms with E-state index >= 15 is 0 Å². The summed E-state index contributed by atoms with van der Waals surface area (Å²) in [5, 5.41) is 8.06. The van der Waals surface area contributed by atoms with Crippen LogP contribution in [0.5, 0.6) is 5.88 Å². The van der Waals surface area contributed by atoms with Crippen molar-refractivity contribution in [1.82, 2.24) is 15.1 Å². The second kappa shape index (κ2) is 6.65. The second-order valence-electron chi connectivity index (χ2n) is 5.32. The molecule has 1 fully saturated rings. The quantitative estimate of drug-likeness (QED) is 0.903. The van der Waals surface area contributed by atoms with E-state index in [1.165, 1.54) is 5.56 Å². The summed E-state index contributed by atoms with van der Waals surface area (Å²) in [6.45, 7) is 3.35. The van der Waals surface area contributed by atoms with Crippen molar-refractivity contribution >= 4 is 0 Å². The molecule has 1 saturated heterocycles. The van der Waals surface area contributed by atoms with Gasteiger partial charge in [0, 0.05) is 32.2 Å². The molecule has 5 heteroatoms. The van der Waals surface area contributed by atoms with Gasteiger partial charge in [-0.3, -0.25) is 4.90 Å². The van der Waals surface area contributed by atoms with Crippen LogP contribution in [0.4, 0.5) is 0 Å². The number of benzene rings is 1. The van der Waals surface area contributed by atoms with E-state index in [0.29, 0.717) is 12.4 Å². The maximum Gasteiger partial charge on any atom is 0.233 e. The van der Waals surface area contributed by atoms with Crippen LogP contribution in [-0.2, 0) is 13.1 Å². The van der Waals surface area contributed by atoms with Gasteiger partial charge in [0.25, 0.3) is 0 Å². The van der Waals surface area contributed by atoms with Crippen molar-refractivity contribution in [3.05, 3.63) is 53.7 Å². The fourth-order valence-electron chi connectivity index (χ4n) is 2.57. The van der Waals surface area contributed by atoms with Crippen LogP contribution in [0.3, 0.4) is 0 Å². The van der Waals surface area contributed by atoms with Crippen molar-refractivity contribution < 1.29 is 4.74 Å². The van der Waals surface area contributed by atoms with Crippen molar-refractivity contribution in [3.63, 3.8) is 0 Å². The van der Waals surface area contributed by atoms with Crippen LogP contribution >= 0.6 is 0 Å². The van der Waals surface area contributed by atoms with E-state index in [2.05, 4.69) is 39.4 Å². The van der Waals surface area contributed by atoms with Gasteiger partial charge in [-0.05, 0) is 18.1 Å². The Bertz CT molecular complexity index is 558. The Morgan fingerprint density at radius 2 is 2.00 bits per heavy atom. The molecule has 1 atom stereocenters. The highest BCUT2D eigenvalue weighted by Crippen LogP contribution is 2.18. The van der Waals surface area contributed by atoms with E-state index in [1.54, 1.807) is 0 Å². The minimum absolute atomic E-state index is 0.187. The number of hydrogen-bond donors (Lipinski definition) is 1. The molecule has 0 amide bonds. The van der Waals surface area contributed by atoms with Crippen LogP contribution < -0.4 is 10.5 Å². The monoisotopic (exact) mass is 284 g/mol. The maximum atomic E-state index is 5.89. The number of aromatic nitrogens is 2. The summed E-state index contributed by atoms with van der Waals surface area (Å²) in [6.07, 6.45) is 1.21. The summed E-state index contributed by atoms with van der Waals surface area (Å²) in [5.74, 6) is 0.582. The molecule has 2 N–H and O–H groups in total. The molecule has 0 radical (unpaired) electrons. The van der Waals surface area contributed by atoms with Gasteiger partial charge in [-0.15, -0.1) is 5.10 Å². The normalized spacial score (nSPS) is 18.8. The number of likely N-dealkylation sites (tertiary alicyclic amines) is 1. The Kier molecular flexibility index (Phi) is 4.43. The van der Waals surface area contributed by atoms with Crippen LogP contribution in [0.1, 0.15) is 17.7 Å². The molecule has 1 aliphatic heterocycles. The molecule has 1 aliphatic rings. The van der Waals surface area contributed by atoms with Gasteiger partial charge in [0.15, 0.2) is 0 Å². The minimum Gasteiger partial charge on any atom is -0.472 e. The maximum absolute atomic E-state index is 5.89. The Labute approximate surface area is 124 Å². The summed E-state index contributed by atoms with van der Waals surface area (Å²) in [6, 6.07) is 14.2. The summed E-state index contributed by atoms with van der Waals surface area (Å²) in [5.41, 5.74) is 7.62. The average Bonchev–Trinajstić information content (AvgIpc) is 2.96. The standard InChI is InChI=1S/C16H20N4O/c17-10-14-6-7-16(19-18-14)21-15-8-9-20(12-15)11-13-4-2-1-3-5-13/h1-7,15H,8-12,17H2. The van der Waals surface area contributed by atoms with Gasteiger partial charge >= 0.3 is 0 Å². The highest BCUT2D eigenvalue weighted by Gasteiger charge is 2.24. The fourth-order valence-corrected chi connectivity index (χ4v) is 2.57. The molecule has 1 aromatic heterocycles. The van der Waals surface area contributed by atoms with E-state index < -0.39 is 0 Å². The number of hydrogen-bond acceptors (Lipinski definition) is 5. The molecule has 0 spiro atoms. The Morgan fingerprint density at radius 3 is 2.71 bits per heavy atom. The van der Waals surface area contributed by atoms with Crippen LogP contribution in [-0.4, -0.2) is 34.3 Å². The van der Waals surface area contributed by atoms with E-state index in [4.69, 9.17) is 10.5 Å². The lowest BCUT2D eigenvalue weighted by Crippen LogP contribution is -2.24. The highest BCUT2D eigenvalue weighted by molar-refractivity contribution is 5.15. The van der Waals surface area contributed by atoms with Crippen molar-refractivity contribution in [2.24, 2.45) is 5.73 Å². The van der Waals surface area contributed by atoms with Gasteiger partial charge in [-0.1, -0.05) is 30.3 Å². The number of nitrogens with two attached hydrogens (primary N) is 1. The third-order valence-corrected chi connectivity index (χ3v) is 3.67. The molecule has 0 saturated carbocycles. The fraction of sp³-hybridized carbons (Fsp3) is 0.375. The Hall–Kier alpha value is -1.98.